The van der Waals surface area contributed by atoms with E-state index in [-0.39, 0.29) is 18.3 Å². The molecule has 7 heteroatoms. The van der Waals surface area contributed by atoms with Gasteiger partial charge in [-0.05, 0) is 39.0 Å². The largest absolute Gasteiger partial charge is 0.481 e. The molecule has 4 atom stereocenters. The van der Waals surface area contributed by atoms with Gasteiger partial charge in [-0.1, -0.05) is 47.0 Å². The maximum atomic E-state index is 12.7. The molecular weight excluding hydrogens is 350 g/mol. The zero-order valence-electron chi connectivity index (χ0n) is 17.8. The number of carboxylic acid groups (broad SMARTS) is 1. The minimum absolute atomic E-state index is 0.0795. The average molecular weight is 388 g/mol. The Balaban J connectivity index is 5.20. The van der Waals surface area contributed by atoms with E-state index >= 15 is 0 Å². The number of carboxylic acids is 1. The summed E-state index contributed by atoms with van der Waals surface area (Å²) in [6.07, 6.45) is 1.65. The van der Waals surface area contributed by atoms with Gasteiger partial charge in [-0.15, -0.1) is 0 Å². The van der Waals surface area contributed by atoms with E-state index in [4.69, 9.17) is 14.6 Å². The lowest BCUT2D eigenvalue weighted by Crippen LogP contribution is -2.49. The number of ether oxygens (including phenoxy) is 2. The highest BCUT2D eigenvalue weighted by Gasteiger charge is 2.33. The van der Waals surface area contributed by atoms with Crippen LogP contribution in [0.3, 0.4) is 0 Å². The normalized spacial score (nSPS) is 16.0. The second-order valence-corrected chi connectivity index (χ2v) is 8.20. The molecule has 0 aromatic rings. The van der Waals surface area contributed by atoms with Crippen LogP contribution in [0.4, 0.5) is 4.79 Å². The van der Waals surface area contributed by atoms with Crippen molar-refractivity contribution in [3.05, 3.63) is 0 Å². The molecule has 2 N–H and O–H groups in total. The van der Waals surface area contributed by atoms with Gasteiger partial charge in [-0.2, -0.15) is 0 Å². The summed E-state index contributed by atoms with van der Waals surface area (Å²) in [7, 11) is 0. The van der Waals surface area contributed by atoms with Crippen LogP contribution in [0.2, 0.25) is 0 Å². The summed E-state index contributed by atoms with van der Waals surface area (Å²) in [5.74, 6) is -1.90. The van der Waals surface area contributed by atoms with Crippen molar-refractivity contribution in [2.24, 2.45) is 11.8 Å². The Labute approximate surface area is 163 Å². The molecule has 0 aromatic carbocycles. The highest BCUT2D eigenvalue weighted by Crippen LogP contribution is 2.21. The van der Waals surface area contributed by atoms with Gasteiger partial charge >= 0.3 is 18.0 Å². The van der Waals surface area contributed by atoms with E-state index in [1.54, 1.807) is 20.8 Å². The first-order valence-corrected chi connectivity index (χ1v) is 9.83. The third-order valence-corrected chi connectivity index (χ3v) is 4.43. The van der Waals surface area contributed by atoms with Crippen LogP contribution in [-0.4, -0.2) is 40.9 Å². The van der Waals surface area contributed by atoms with Crippen LogP contribution in [0.1, 0.15) is 80.6 Å². The number of hydrogen-bond donors (Lipinski definition) is 2. The number of alkyl carbamates (subject to hydrolysis) is 1. The van der Waals surface area contributed by atoms with Crippen LogP contribution in [0, 0.1) is 11.8 Å². The van der Waals surface area contributed by atoms with Gasteiger partial charge in [0.1, 0.15) is 17.7 Å². The van der Waals surface area contributed by atoms with E-state index in [0.717, 1.165) is 19.3 Å². The maximum Gasteiger partial charge on any atom is 0.408 e. The molecule has 0 unspecified atom stereocenters. The first kappa shape index (κ1) is 25.2. The summed E-state index contributed by atoms with van der Waals surface area (Å²) in [5, 5.41) is 11.7. The number of carbonyl (C=O) groups is 3. The van der Waals surface area contributed by atoms with Gasteiger partial charge < -0.3 is 19.9 Å². The molecule has 0 saturated carbocycles. The van der Waals surface area contributed by atoms with E-state index in [2.05, 4.69) is 12.2 Å². The minimum atomic E-state index is -1.02. The lowest BCUT2D eigenvalue weighted by Gasteiger charge is -2.29. The molecule has 0 aromatic heterocycles. The SMILES string of the molecule is CCCC[C@H](C)[C@@H](CC(=O)O)OC(=O)[C@H](NC(=O)OC(C)(C)C)[C@@H](C)CC. The zero-order valence-corrected chi connectivity index (χ0v) is 17.8. The molecule has 7 nitrogen and oxygen atoms in total. The Morgan fingerprint density at radius 1 is 1.07 bits per heavy atom. The first-order chi connectivity index (χ1) is 12.4. The van der Waals surface area contributed by atoms with Gasteiger partial charge in [-0.25, -0.2) is 9.59 Å². The predicted molar refractivity (Wildman–Crippen MR) is 103 cm³/mol. The van der Waals surface area contributed by atoms with Crippen molar-refractivity contribution in [1.82, 2.24) is 5.32 Å². The fraction of sp³-hybridized carbons (Fsp3) is 0.850. The Morgan fingerprint density at radius 2 is 1.67 bits per heavy atom. The van der Waals surface area contributed by atoms with Crippen molar-refractivity contribution in [2.75, 3.05) is 0 Å². The molecule has 0 aliphatic rings. The van der Waals surface area contributed by atoms with Gasteiger partial charge in [0.25, 0.3) is 0 Å². The van der Waals surface area contributed by atoms with E-state index in [0.29, 0.717) is 6.42 Å². The second-order valence-electron chi connectivity index (χ2n) is 8.20. The van der Waals surface area contributed by atoms with Crippen molar-refractivity contribution >= 4 is 18.0 Å². The quantitative estimate of drug-likeness (QED) is 0.517. The van der Waals surface area contributed by atoms with Crippen molar-refractivity contribution < 1.29 is 29.0 Å². The summed E-state index contributed by atoms with van der Waals surface area (Å²) in [5.41, 5.74) is -0.686. The number of unbranched alkanes of at least 4 members (excludes halogenated alkanes) is 1. The van der Waals surface area contributed by atoms with Gasteiger partial charge in [0.15, 0.2) is 0 Å². The van der Waals surface area contributed by atoms with Crippen molar-refractivity contribution in [2.45, 2.75) is 98.3 Å². The van der Waals surface area contributed by atoms with Crippen LogP contribution in [0.25, 0.3) is 0 Å². The van der Waals surface area contributed by atoms with Crippen LogP contribution in [0.15, 0.2) is 0 Å². The van der Waals surface area contributed by atoms with Gasteiger partial charge in [0.05, 0.1) is 6.42 Å². The third-order valence-electron chi connectivity index (χ3n) is 4.43. The molecule has 0 heterocycles. The summed E-state index contributed by atoms with van der Waals surface area (Å²) in [6, 6.07) is -0.889. The zero-order chi connectivity index (χ0) is 21.2. The first-order valence-electron chi connectivity index (χ1n) is 9.83. The summed E-state index contributed by atoms with van der Waals surface area (Å²) >= 11 is 0. The molecule has 0 fully saturated rings. The highest BCUT2D eigenvalue weighted by atomic mass is 16.6. The fourth-order valence-corrected chi connectivity index (χ4v) is 2.57. The fourth-order valence-electron chi connectivity index (χ4n) is 2.57. The summed E-state index contributed by atoms with van der Waals surface area (Å²) in [6.45, 7) is 12.9. The second kappa shape index (κ2) is 11.8. The monoisotopic (exact) mass is 387 g/mol. The van der Waals surface area contributed by atoms with Crippen molar-refractivity contribution in [3.63, 3.8) is 0 Å². The summed E-state index contributed by atoms with van der Waals surface area (Å²) < 4.78 is 10.8. The van der Waals surface area contributed by atoms with Crippen molar-refractivity contribution in [3.8, 4) is 0 Å². The lowest BCUT2D eigenvalue weighted by molar-refractivity contribution is -0.159. The number of aliphatic carboxylic acids is 1. The molecule has 0 radical (unpaired) electrons. The Morgan fingerprint density at radius 3 is 2.11 bits per heavy atom. The smallest absolute Gasteiger partial charge is 0.408 e. The maximum absolute atomic E-state index is 12.7. The van der Waals surface area contributed by atoms with E-state index in [1.165, 1.54) is 0 Å². The van der Waals surface area contributed by atoms with E-state index in [9.17, 15) is 14.4 Å². The Kier molecular flexibility index (Phi) is 11.0. The van der Waals surface area contributed by atoms with Crippen LogP contribution in [-0.2, 0) is 19.1 Å². The molecule has 0 aliphatic carbocycles. The molecule has 27 heavy (non-hydrogen) atoms. The molecule has 0 aliphatic heterocycles. The summed E-state index contributed by atoms with van der Waals surface area (Å²) in [4.78, 5) is 36.0. The van der Waals surface area contributed by atoms with Crippen LogP contribution in [0.5, 0.6) is 0 Å². The van der Waals surface area contributed by atoms with Gasteiger partial charge in [0, 0.05) is 0 Å². The lowest BCUT2D eigenvalue weighted by atomic mass is 9.95. The number of carbonyl (C=O) groups excluding carboxylic acids is 2. The van der Waals surface area contributed by atoms with E-state index < -0.39 is 35.8 Å². The molecule has 0 saturated heterocycles. The van der Waals surface area contributed by atoms with Crippen LogP contribution >= 0.6 is 0 Å². The number of nitrogens with one attached hydrogen (secondary N) is 1. The standard InChI is InChI=1S/C20H37NO6/c1-8-10-11-14(4)15(12-16(22)23)26-18(24)17(13(3)9-2)21-19(25)27-20(5,6)7/h13-15,17H,8-12H2,1-7H3,(H,21,25)(H,22,23)/t13-,14-,15+,17+/m0/s1. The molecule has 0 bridgehead atoms. The topological polar surface area (TPSA) is 102 Å². The average Bonchev–Trinajstić information content (AvgIpc) is 2.54. The van der Waals surface area contributed by atoms with Crippen LogP contribution < -0.4 is 5.32 Å². The Hall–Kier alpha value is -1.79. The minimum Gasteiger partial charge on any atom is -0.481 e. The Bertz CT molecular complexity index is 485. The molecule has 0 rings (SSSR count). The number of esters is 1. The molecular formula is C20H37NO6. The number of amides is 1. The van der Waals surface area contributed by atoms with Crippen molar-refractivity contribution in [1.29, 1.82) is 0 Å². The highest BCUT2D eigenvalue weighted by molar-refractivity contribution is 5.82. The molecule has 158 valence electrons. The predicted octanol–water partition coefficient (Wildman–Crippen LogP) is 4.14. The van der Waals surface area contributed by atoms with E-state index in [1.807, 2.05) is 20.8 Å². The molecule has 1 amide bonds. The number of rotatable bonds is 11. The van der Waals surface area contributed by atoms with Gasteiger partial charge in [0.2, 0.25) is 0 Å². The molecule has 0 spiro atoms. The third kappa shape index (κ3) is 10.8. The number of hydrogen-bond acceptors (Lipinski definition) is 5. The van der Waals surface area contributed by atoms with Gasteiger partial charge in [-0.3, -0.25) is 4.79 Å².